The summed E-state index contributed by atoms with van der Waals surface area (Å²) in [5.74, 6) is 1.25. The van der Waals surface area contributed by atoms with Crippen LogP contribution < -0.4 is 16.0 Å². The zero-order valence-corrected chi connectivity index (χ0v) is 20.1. The maximum absolute atomic E-state index is 6.81. The van der Waals surface area contributed by atoms with E-state index in [0.717, 1.165) is 77.0 Å². The van der Waals surface area contributed by atoms with Gasteiger partial charge in [0.2, 0.25) is 5.89 Å². The van der Waals surface area contributed by atoms with Crippen molar-refractivity contribution in [2.24, 2.45) is 17.8 Å². The average Bonchev–Trinajstić information content (AvgIpc) is 3.46. The Balaban J connectivity index is 1.43. The van der Waals surface area contributed by atoms with Gasteiger partial charge in [-0.15, -0.1) is 0 Å². The summed E-state index contributed by atoms with van der Waals surface area (Å²) in [6.07, 6.45) is 4.02. The Kier molecular flexibility index (Phi) is 5.08. The maximum atomic E-state index is 6.81. The van der Waals surface area contributed by atoms with Crippen molar-refractivity contribution in [1.29, 1.82) is 0 Å². The van der Waals surface area contributed by atoms with Crippen LogP contribution in [0.2, 0.25) is 0 Å². The van der Waals surface area contributed by atoms with E-state index in [2.05, 4.69) is 32.4 Å². The summed E-state index contributed by atoms with van der Waals surface area (Å²) in [5, 5.41) is 7.76. The fraction of sp³-hybridized carbons (Fsp3) is 0.360. The molecule has 1 aromatic carbocycles. The molecule has 0 aliphatic carbocycles. The highest BCUT2D eigenvalue weighted by Gasteiger charge is 2.36. The highest BCUT2D eigenvalue weighted by molar-refractivity contribution is 5.93. The molecule has 0 bridgehead atoms. The Morgan fingerprint density at radius 2 is 2.00 bits per heavy atom. The Morgan fingerprint density at radius 3 is 2.74 bits per heavy atom. The zero-order valence-electron chi connectivity index (χ0n) is 20.1. The Hall–Kier alpha value is -3.76. The first kappa shape index (κ1) is 21.8. The van der Waals surface area contributed by atoms with Gasteiger partial charge in [-0.25, -0.2) is 9.97 Å². The molecule has 4 aromatic rings. The fourth-order valence-corrected chi connectivity index (χ4v) is 4.75. The van der Waals surface area contributed by atoms with E-state index in [4.69, 9.17) is 24.9 Å². The molecule has 5 heterocycles. The summed E-state index contributed by atoms with van der Waals surface area (Å²) >= 11 is 0. The van der Waals surface area contributed by atoms with Crippen LogP contribution in [0.15, 0.2) is 39.9 Å². The van der Waals surface area contributed by atoms with Crippen LogP contribution in [-0.4, -0.2) is 59.3 Å². The van der Waals surface area contributed by atoms with E-state index in [1.807, 2.05) is 37.8 Å². The molecule has 1 atom stereocenters. The molecule has 0 radical (unpaired) electrons. The molecule has 10 heteroatoms. The van der Waals surface area contributed by atoms with Crippen molar-refractivity contribution in [2.45, 2.75) is 19.0 Å². The molecule has 0 saturated carbocycles. The molecule has 3 N–H and O–H groups in total. The van der Waals surface area contributed by atoms with Gasteiger partial charge in [0, 0.05) is 63.0 Å². The van der Waals surface area contributed by atoms with Gasteiger partial charge in [-0.3, -0.25) is 9.67 Å². The highest BCUT2D eigenvalue weighted by atomic mass is 16.5. The number of aliphatic imine (C=N–C) groups is 1. The van der Waals surface area contributed by atoms with Crippen LogP contribution in [0, 0.1) is 6.92 Å². The number of hydrogen-bond donors (Lipinski definition) is 2. The number of aryl methyl sites for hydroxylation is 2. The van der Waals surface area contributed by atoms with Crippen molar-refractivity contribution in [3.8, 4) is 11.5 Å². The number of benzene rings is 1. The molecule has 10 nitrogen and oxygen atoms in total. The second-order valence-corrected chi connectivity index (χ2v) is 9.09. The van der Waals surface area contributed by atoms with Gasteiger partial charge >= 0.3 is 0 Å². The number of oxazole rings is 1. The number of nitrogens with two attached hydrogens (primary N) is 1. The SMILES string of the molecule is CNc1ncc(-c2nc3cc(N4CCOCC4)ccc3o2)c2c1C=NC(N)(c1cc(C)n(C)n1)C2. The number of fused-ring (bicyclic) bond motifs is 2. The molecule has 35 heavy (non-hydrogen) atoms. The lowest BCUT2D eigenvalue weighted by molar-refractivity contribution is 0.122. The molecule has 2 aliphatic heterocycles. The molecule has 1 fully saturated rings. The summed E-state index contributed by atoms with van der Waals surface area (Å²) in [7, 11) is 3.75. The first-order valence-corrected chi connectivity index (χ1v) is 11.7. The molecular weight excluding hydrogens is 444 g/mol. The number of morpholine rings is 1. The molecule has 180 valence electrons. The zero-order chi connectivity index (χ0) is 24.2. The third kappa shape index (κ3) is 3.65. The molecule has 0 amide bonds. The van der Waals surface area contributed by atoms with Crippen LogP contribution in [-0.2, 0) is 23.9 Å². The minimum Gasteiger partial charge on any atom is -0.436 e. The lowest BCUT2D eigenvalue weighted by Crippen LogP contribution is -2.40. The maximum Gasteiger partial charge on any atom is 0.229 e. The monoisotopic (exact) mass is 472 g/mol. The number of nitrogens with zero attached hydrogens (tertiary/aromatic N) is 6. The van der Waals surface area contributed by atoms with Gasteiger partial charge in [0.25, 0.3) is 0 Å². The average molecular weight is 473 g/mol. The minimum absolute atomic E-state index is 0.444. The molecular formula is C25H28N8O2. The van der Waals surface area contributed by atoms with E-state index in [9.17, 15) is 0 Å². The van der Waals surface area contributed by atoms with Crippen molar-refractivity contribution in [1.82, 2.24) is 19.7 Å². The van der Waals surface area contributed by atoms with Gasteiger partial charge in [0.15, 0.2) is 11.2 Å². The Morgan fingerprint density at radius 1 is 1.17 bits per heavy atom. The predicted molar refractivity (Wildman–Crippen MR) is 135 cm³/mol. The summed E-state index contributed by atoms with van der Waals surface area (Å²) < 4.78 is 13.5. The van der Waals surface area contributed by atoms with Crippen molar-refractivity contribution in [3.05, 3.63) is 53.0 Å². The van der Waals surface area contributed by atoms with Gasteiger partial charge < -0.3 is 25.1 Å². The van der Waals surface area contributed by atoms with Crippen LogP contribution in [0.25, 0.3) is 22.6 Å². The number of ether oxygens (including phenoxy) is 1. The first-order valence-electron chi connectivity index (χ1n) is 11.7. The quantitative estimate of drug-likeness (QED) is 0.465. The van der Waals surface area contributed by atoms with Crippen LogP contribution in [0.3, 0.4) is 0 Å². The number of aromatic nitrogens is 4. The standard InChI is InChI=1S/C25H28N8O2/c1-15-10-22(31-32(15)3)25(26)12-17-18(14-29-25)23(27-2)28-13-19(17)24-30-20-11-16(4-5-21(20)35-24)33-6-8-34-9-7-33/h4-5,10-11,13-14H,6-9,12,26H2,1-3H3,(H,27,28). The Bertz CT molecular complexity index is 1430. The largest absolute Gasteiger partial charge is 0.436 e. The van der Waals surface area contributed by atoms with Gasteiger partial charge in [0.05, 0.1) is 18.8 Å². The van der Waals surface area contributed by atoms with Gasteiger partial charge in [-0.1, -0.05) is 0 Å². The third-order valence-electron chi connectivity index (χ3n) is 6.87. The van der Waals surface area contributed by atoms with Gasteiger partial charge in [-0.05, 0) is 36.8 Å². The van der Waals surface area contributed by atoms with Gasteiger partial charge in [-0.2, -0.15) is 5.10 Å². The number of rotatable bonds is 4. The van der Waals surface area contributed by atoms with Crippen LogP contribution in [0.5, 0.6) is 0 Å². The van der Waals surface area contributed by atoms with E-state index in [0.29, 0.717) is 12.3 Å². The lowest BCUT2D eigenvalue weighted by Gasteiger charge is -2.29. The normalized spacial score (nSPS) is 19.8. The van der Waals surface area contributed by atoms with E-state index in [1.165, 1.54) is 0 Å². The molecule has 0 spiro atoms. The van der Waals surface area contributed by atoms with E-state index in [-0.39, 0.29) is 0 Å². The highest BCUT2D eigenvalue weighted by Crippen LogP contribution is 2.38. The lowest BCUT2D eigenvalue weighted by atomic mass is 9.89. The van der Waals surface area contributed by atoms with Crippen LogP contribution >= 0.6 is 0 Å². The molecule has 1 saturated heterocycles. The number of anilines is 2. The predicted octanol–water partition coefficient (Wildman–Crippen LogP) is 2.60. The van der Waals surface area contributed by atoms with Crippen LogP contribution in [0.4, 0.5) is 11.5 Å². The van der Waals surface area contributed by atoms with Gasteiger partial charge in [0.1, 0.15) is 17.0 Å². The molecule has 2 aliphatic rings. The Labute approximate surface area is 202 Å². The summed E-state index contributed by atoms with van der Waals surface area (Å²) in [6.45, 7) is 5.19. The number of pyridine rings is 1. The van der Waals surface area contributed by atoms with Crippen molar-refractivity contribution < 1.29 is 9.15 Å². The van der Waals surface area contributed by atoms with Crippen molar-refractivity contribution in [3.63, 3.8) is 0 Å². The van der Waals surface area contributed by atoms with Crippen molar-refractivity contribution >= 4 is 28.8 Å². The van der Waals surface area contributed by atoms with Crippen LogP contribution in [0.1, 0.15) is 22.5 Å². The summed E-state index contributed by atoms with van der Waals surface area (Å²) in [6, 6.07) is 8.10. The summed E-state index contributed by atoms with van der Waals surface area (Å²) in [5.41, 5.74) is 12.9. The number of nitrogens with one attached hydrogen (secondary N) is 1. The second kappa shape index (κ2) is 8.17. The summed E-state index contributed by atoms with van der Waals surface area (Å²) in [4.78, 5) is 16.5. The second-order valence-electron chi connectivity index (χ2n) is 9.09. The number of hydrogen-bond acceptors (Lipinski definition) is 9. The van der Waals surface area contributed by atoms with E-state index >= 15 is 0 Å². The smallest absolute Gasteiger partial charge is 0.229 e. The third-order valence-corrected chi connectivity index (χ3v) is 6.87. The minimum atomic E-state index is -0.990. The first-order chi connectivity index (χ1) is 16.9. The topological polar surface area (TPSA) is 120 Å². The molecule has 3 aromatic heterocycles. The van der Waals surface area contributed by atoms with Crippen molar-refractivity contribution in [2.75, 3.05) is 43.6 Å². The van der Waals surface area contributed by atoms with E-state index in [1.54, 1.807) is 12.4 Å². The molecule has 1 unspecified atom stereocenters. The fourth-order valence-electron chi connectivity index (χ4n) is 4.75. The molecule has 6 rings (SSSR count). The van der Waals surface area contributed by atoms with E-state index < -0.39 is 5.66 Å².